The average Bonchev–Trinajstić information content (AvgIpc) is 3.58. The van der Waals surface area contributed by atoms with Gasteiger partial charge >= 0.3 is 0 Å². The Morgan fingerprint density at radius 2 is 1.97 bits per heavy atom. The van der Waals surface area contributed by atoms with Crippen LogP contribution in [-0.2, 0) is 22.7 Å². The zero-order chi connectivity index (χ0) is 25.7. The molecule has 1 aromatic carbocycles. The third kappa shape index (κ3) is 6.95. The smallest absolute Gasteiger partial charge is 0.256 e. The fourth-order valence-corrected chi connectivity index (χ4v) is 5.17. The third-order valence-corrected chi connectivity index (χ3v) is 7.35. The first-order valence-electron chi connectivity index (χ1n) is 12.3. The minimum atomic E-state index is -0.106. The van der Waals surface area contributed by atoms with E-state index < -0.39 is 0 Å². The van der Waals surface area contributed by atoms with Crippen molar-refractivity contribution in [2.45, 2.75) is 60.5 Å². The van der Waals surface area contributed by atoms with Gasteiger partial charge in [-0.05, 0) is 42.0 Å². The number of amides is 2. The second-order valence-electron chi connectivity index (χ2n) is 9.16. The minimum Gasteiger partial charge on any atom is -0.355 e. The maximum Gasteiger partial charge on any atom is 0.256 e. The predicted octanol–water partition coefficient (Wildman–Crippen LogP) is 4.55. The number of rotatable bonds is 11. The summed E-state index contributed by atoms with van der Waals surface area (Å²) in [7, 11) is 1.80. The van der Waals surface area contributed by atoms with Gasteiger partial charge in [-0.15, -0.1) is 11.3 Å². The SMILES string of the molecule is C.CCCCCNC(=O)CN(CC(=O)N(C)N1Cc2ccsc2C1)c1cc(-c2noc(C)n2)ccc1C. The van der Waals surface area contributed by atoms with Crippen LogP contribution in [0.3, 0.4) is 0 Å². The number of anilines is 1. The molecule has 0 atom stereocenters. The number of carbonyl (C=O) groups excluding carboxylic acids is 2. The van der Waals surface area contributed by atoms with Crippen molar-refractivity contribution in [1.82, 2.24) is 25.5 Å². The lowest BCUT2D eigenvalue weighted by Gasteiger charge is -2.32. The van der Waals surface area contributed by atoms with Gasteiger partial charge in [0, 0.05) is 43.2 Å². The van der Waals surface area contributed by atoms with Crippen LogP contribution in [0.15, 0.2) is 34.2 Å². The molecule has 0 bridgehead atoms. The van der Waals surface area contributed by atoms with E-state index >= 15 is 0 Å². The predicted molar refractivity (Wildman–Crippen MR) is 147 cm³/mol. The molecule has 1 aliphatic heterocycles. The number of hydrogen-bond donors (Lipinski definition) is 1. The zero-order valence-electron chi connectivity index (χ0n) is 21.4. The Morgan fingerprint density at radius 3 is 2.68 bits per heavy atom. The third-order valence-electron chi connectivity index (χ3n) is 6.40. The van der Waals surface area contributed by atoms with Gasteiger partial charge in [0.25, 0.3) is 5.91 Å². The number of hydrazine groups is 1. The molecule has 0 radical (unpaired) electrons. The van der Waals surface area contributed by atoms with Crippen molar-refractivity contribution in [1.29, 1.82) is 0 Å². The molecule has 200 valence electrons. The second kappa shape index (κ2) is 12.8. The van der Waals surface area contributed by atoms with Crippen molar-refractivity contribution < 1.29 is 14.1 Å². The number of nitrogens with zero attached hydrogens (tertiary/aromatic N) is 5. The first kappa shape index (κ1) is 28.3. The molecular formula is C27H38N6O3S. The molecule has 0 aliphatic carbocycles. The van der Waals surface area contributed by atoms with Gasteiger partial charge in [0.05, 0.1) is 19.6 Å². The summed E-state index contributed by atoms with van der Waals surface area (Å²) in [5, 5.41) is 12.8. The maximum absolute atomic E-state index is 13.4. The van der Waals surface area contributed by atoms with Crippen LogP contribution in [0.2, 0.25) is 0 Å². The van der Waals surface area contributed by atoms with E-state index in [0.717, 1.165) is 42.6 Å². The molecular weight excluding hydrogens is 488 g/mol. The molecule has 3 aromatic rings. The van der Waals surface area contributed by atoms with Crippen LogP contribution in [0.5, 0.6) is 0 Å². The molecule has 0 unspecified atom stereocenters. The molecule has 4 rings (SSSR count). The molecule has 1 aliphatic rings. The summed E-state index contributed by atoms with van der Waals surface area (Å²) in [6.45, 7) is 8.06. The zero-order valence-corrected chi connectivity index (χ0v) is 22.2. The number of aryl methyl sites for hydroxylation is 2. The first-order chi connectivity index (χ1) is 17.4. The number of likely N-dealkylation sites (N-methyl/N-ethyl adjacent to an activating group) is 1. The van der Waals surface area contributed by atoms with E-state index in [2.05, 4.69) is 33.8 Å². The van der Waals surface area contributed by atoms with Crippen molar-refractivity contribution >= 4 is 28.8 Å². The molecule has 2 amide bonds. The van der Waals surface area contributed by atoms with E-state index in [9.17, 15) is 9.59 Å². The molecule has 10 heteroatoms. The van der Waals surface area contributed by atoms with Crippen molar-refractivity contribution in [2.75, 3.05) is 31.6 Å². The van der Waals surface area contributed by atoms with Crippen molar-refractivity contribution in [3.63, 3.8) is 0 Å². The summed E-state index contributed by atoms with van der Waals surface area (Å²) in [5.74, 6) is 0.769. The van der Waals surface area contributed by atoms with Crippen molar-refractivity contribution in [3.8, 4) is 11.4 Å². The Bertz CT molecular complexity index is 1190. The Labute approximate surface area is 223 Å². The molecule has 0 fully saturated rings. The number of aromatic nitrogens is 2. The van der Waals surface area contributed by atoms with E-state index in [-0.39, 0.29) is 32.3 Å². The molecule has 2 aromatic heterocycles. The summed E-state index contributed by atoms with van der Waals surface area (Å²) in [4.78, 5) is 33.7. The Morgan fingerprint density at radius 1 is 1.16 bits per heavy atom. The largest absolute Gasteiger partial charge is 0.355 e. The summed E-state index contributed by atoms with van der Waals surface area (Å²) < 4.78 is 5.15. The highest BCUT2D eigenvalue weighted by atomic mass is 32.1. The number of fused-ring (bicyclic) bond motifs is 1. The van der Waals surface area contributed by atoms with Gasteiger partial charge < -0.3 is 14.7 Å². The minimum absolute atomic E-state index is 0. The number of carbonyl (C=O) groups is 2. The van der Waals surface area contributed by atoms with E-state index in [1.54, 1.807) is 30.3 Å². The number of thiophene rings is 1. The van der Waals surface area contributed by atoms with E-state index in [1.807, 2.05) is 35.0 Å². The summed E-state index contributed by atoms with van der Waals surface area (Å²) in [6, 6.07) is 7.91. The number of benzene rings is 1. The lowest BCUT2D eigenvalue weighted by Crippen LogP contribution is -2.48. The van der Waals surface area contributed by atoms with Crippen molar-refractivity contribution in [3.05, 3.63) is 51.5 Å². The topological polar surface area (TPSA) is 94.8 Å². The fourth-order valence-electron chi connectivity index (χ4n) is 4.26. The van der Waals surface area contributed by atoms with E-state index in [4.69, 9.17) is 4.52 Å². The van der Waals surface area contributed by atoms with Gasteiger partial charge in [0.2, 0.25) is 17.6 Å². The summed E-state index contributed by atoms with van der Waals surface area (Å²) >= 11 is 1.72. The first-order valence-corrected chi connectivity index (χ1v) is 13.2. The standard InChI is InChI=1S/C26H34N6O3S.CH4/c1-5-6-7-11-27-24(33)16-31(17-25(34)30(4)32-14-21-10-12-36-23(21)15-32)22-13-20(9-8-18(22)2)26-28-19(3)35-29-26;/h8-10,12-13H,5-7,11,14-17H2,1-4H3,(H,27,33);1H4. The Kier molecular flexibility index (Phi) is 9.82. The van der Waals surface area contributed by atoms with Crippen molar-refractivity contribution in [2.24, 2.45) is 0 Å². The lowest BCUT2D eigenvalue weighted by molar-refractivity contribution is -0.145. The number of nitrogens with one attached hydrogen (secondary N) is 1. The highest BCUT2D eigenvalue weighted by Crippen LogP contribution is 2.29. The van der Waals surface area contributed by atoms with E-state index in [0.29, 0.717) is 24.8 Å². The molecule has 0 saturated heterocycles. The van der Waals surface area contributed by atoms with Crippen LogP contribution >= 0.6 is 11.3 Å². The highest BCUT2D eigenvalue weighted by Gasteiger charge is 2.28. The second-order valence-corrected chi connectivity index (χ2v) is 10.2. The molecule has 9 nitrogen and oxygen atoms in total. The quantitative estimate of drug-likeness (QED) is 0.366. The monoisotopic (exact) mass is 526 g/mol. The summed E-state index contributed by atoms with van der Waals surface area (Å²) in [5.41, 5.74) is 3.78. The highest BCUT2D eigenvalue weighted by molar-refractivity contribution is 7.10. The molecule has 1 N–H and O–H groups in total. The van der Waals surface area contributed by atoms with Crippen LogP contribution in [0.1, 0.15) is 55.5 Å². The molecule has 0 spiro atoms. The van der Waals surface area contributed by atoms with Gasteiger partial charge in [-0.25, -0.2) is 5.01 Å². The van der Waals surface area contributed by atoms with Crippen LogP contribution in [-0.4, -0.2) is 58.7 Å². The van der Waals surface area contributed by atoms with E-state index in [1.165, 1.54) is 10.4 Å². The number of hydrogen-bond acceptors (Lipinski definition) is 8. The van der Waals surface area contributed by atoms with Crippen LogP contribution in [0, 0.1) is 13.8 Å². The number of unbranched alkanes of at least 4 members (excludes halogenated alkanes) is 2. The van der Waals surface area contributed by atoms with Gasteiger partial charge in [-0.1, -0.05) is 44.5 Å². The van der Waals surface area contributed by atoms with Crippen LogP contribution in [0.25, 0.3) is 11.4 Å². The van der Waals surface area contributed by atoms with Gasteiger partial charge in [0.1, 0.15) is 0 Å². The molecule has 37 heavy (non-hydrogen) atoms. The molecule has 0 saturated carbocycles. The fraction of sp³-hybridized carbons (Fsp3) is 0.481. The van der Waals surface area contributed by atoms with Gasteiger partial charge in [0.15, 0.2) is 0 Å². The van der Waals surface area contributed by atoms with Crippen LogP contribution < -0.4 is 10.2 Å². The van der Waals surface area contributed by atoms with Crippen LogP contribution in [0.4, 0.5) is 5.69 Å². The van der Waals surface area contributed by atoms with Gasteiger partial charge in [-0.2, -0.15) is 4.98 Å². The summed E-state index contributed by atoms with van der Waals surface area (Å²) in [6.07, 6.45) is 3.10. The molecule has 3 heterocycles. The lowest BCUT2D eigenvalue weighted by atomic mass is 10.1. The Balaban J connectivity index is 0.00000380. The normalized spacial score (nSPS) is 12.6. The van der Waals surface area contributed by atoms with Gasteiger partial charge in [-0.3, -0.25) is 14.6 Å². The Hall–Kier alpha value is -3.24. The average molecular weight is 527 g/mol. The maximum atomic E-state index is 13.4.